The van der Waals surface area contributed by atoms with Crippen molar-refractivity contribution in [1.29, 1.82) is 0 Å². The summed E-state index contributed by atoms with van der Waals surface area (Å²) in [5.41, 5.74) is 8.64. The van der Waals surface area contributed by atoms with E-state index in [2.05, 4.69) is 0 Å². The number of hydrogen-bond acceptors (Lipinski definition) is 3. The van der Waals surface area contributed by atoms with Crippen molar-refractivity contribution in [1.82, 2.24) is 8.61 Å². The number of nitrogens with zero attached hydrogens (tertiary/aromatic N) is 2. The van der Waals surface area contributed by atoms with Crippen LogP contribution in [0, 0.1) is 0 Å². The van der Waals surface area contributed by atoms with E-state index in [1.165, 1.54) is 8.61 Å². The molecule has 0 amide bonds. The summed E-state index contributed by atoms with van der Waals surface area (Å²) in [5, 5.41) is 0. The molecule has 1 heterocycles. The van der Waals surface area contributed by atoms with Crippen LogP contribution in [0.4, 0.5) is 5.69 Å². The standard InChI is InChI=1S/C11H17N3O2S/c1-13(2)17(15,16)14-7-6-9-4-3-5-11(12)10(9)8-14/h3-5H,6-8,12H2,1-2H3. The van der Waals surface area contributed by atoms with Crippen molar-refractivity contribution in [2.75, 3.05) is 26.4 Å². The van der Waals surface area contributed by atoms with Gasteiger partial charge in [-0.3, -0.25) is 0 Å². The smallest absolute Gasteiger partial charge is 0.281 e. The van der Waals surface area contributed by atoms with Crippen LogP contribution in [0.15, 0.2) is 18.2 Å². The highest BCUT2D eigenvalue weighted by molar-refractivity contribution is 7.86. The van der Waals surface area contributed by atoms with Crippen LogP contribution >= 0.6 is 0 Å². The highest BCUT2D eigenvalue weighted by Crippen LogP contribution is 2.26. The molecule has 2 N–H and O–H groups in total. The first-order chi connectivity index (χ1) is 7.93. The largest absolute Gasteiger partial charge is 0.398 e. The van der Waals surface area contributed by atoms with Crippen molar-refractivity contribution in [3.8, 4) is 0 Å². The SMILES string of the molecule is CN(C)S(=O)(=O)N1CCc2cccc(N)c2C1. The van der Waals surface area contributed by atoms with Gasteiger partial charge in [0.15, 0.2) is 0 Å². The highest BCUT2D eigenvalue weighted by atomic mass is 32.2. The molecule has 0 unspecified atom stereocenters. The lowest BCUT2D eigenvalue weighted by Gasteiger charge is -2.30. The van der Waals surface area contributed by atoms with Gasteiger partial charge in [0.25, 0.3) is 10.2 Å². The van der Waals surface area contributed by atoms with Crippen molar-refractivity contribution in [3.63, 3.8) is 0 Å². The Hall–Kier alpha value is -1.11. The Kier molecular flexibility index (Phi) is 3.11. The van der Waals surface area contributed by atoms with Gasteiger partial charge < -0.3 is 5.73 Å². The van der Waals surface area contributed by atoms with Crippen LogP contribution < -0.4 is 5.73 Å². The van der Waals surface area contributed by atoms with Gasteiger partial charge >= 0.3 is 0 Å². The zero-order chi connectivity index (χ0) is 12.6. The van der Waals surface area contributed by atoms with E-state index in [-0.39, 0.29) is 0 Å². The number of nitrogen functional groups attached to an aromatic ring is 1. The van der Waals surface area contributed by atoms with Gasteiger partial charge in [0, 0.05) is 32.9 Å². The van der Waals surface area contributed by atoms with E-state index in [1.807, 2.05) is 18.2 Å². The molecule has 94 valence electrons. The molecule has 0 fully saturated rings. The molecule has 2 rings (SSSR count). The van der Waals surface area contributed by atoms with Gasteiger partial charge in [-0.25, -0.2) is 0 Å². The molecule has 0 bridgehead atoms. The Morgan fingerprint density at radius 1 is 1.35 bits per heavy atom. The van der Waals surface area contributed by atoms with E-state index >= 15 is 0 Å². The summed E-state index contributed by atoms with van der Waals surface area (Å²) in [6.07, 6.45) is 0.716. The molecule has 0 radical (unpaired) electrons. The van der Waals surface area contributed by atoms with Crippen LogP contribution in [0.5, 0.6) is 0 Å². The number of fused-ring (bicyclic) bond motifs is 1. The summed E-state index contributed by atoms with van der Waals surface area (Å²) in [4.78, 5) is 0. The summed E-state index contributed by atoms with van der Waals surface area (Å²) in [7, 11) is -0.267. The number of nitrogens with two attached hydrogens (primary N) is 1. The highest BCUT2D eigenvalue weighted by Gasteiger charge is 2.28. The van der Waals surface area contributed by atoms with Gasteiger partial charge in [-0.2, -0.15) is 17.0 Å². The fourth-order valence-corrected chi connectivity index (χ4v) is 3.09. The van der Waals surface area contributed by atoms with Gasteiger partial charge in [-0.1, -0.05) is 12.1 Å². The molecule has 1 aliphatic rings. The fourth-order valence-electron chi connectivity index (χ4n) is 2.01. The molecule has 0 atom stereocenters. The molecule has 0 saturated heterocycles. The molecule has 0 aromatic heterocycles. The summed E-state index contributed by atoms with van der Waals surface area (Å²) in [5.74, 6) is 0. The third kappa shape index (κ3) is 2.15. The third-order valence-corrected chi connectivity index (χ3v) is 4.95. The molecular weight excluding hydrogens is 238 g/mol. The maximum Gasteiger partial charge on any atom is 0.281 e. The molecule has 6 heteroatoms. The van der Waals surface area contributed by atoms with Gasteiger partial charge in [0.2, 0.25) is 0 Å². The second kappa shape index (κ2) is 4.29. The Morgan fingerprint density at radius 2 is 2.06 bits per heavy atom. The lowest BCUT2D eigenvalue weighted by Crippen LogP contribution is -2.42. The van der Waals surface area contributed by atoms with E-state index in [1.54, 1.807) is 14.1 Å². The van der Waals surface area contributed by atoms with Crippen LogP contribution in [0.3, 0.4) is 0 Å². The second-order valence-electron chi connectivity index (χ2n) is 4.36. The van der Waals surface area contributed by atoms with Gasteiger partial charge in [0.1, 0.15) is 0 Å². The Bertz CT molecular complexity index is 526. The average Bonchev–Trinajstić information content (AvgIpc) is 2.29. The third-order valence-electron chi connectivity index (χ3n) is 3.06. The first kappa shape index (κ1) is 12.3. The van der Waals surface area contributed by atoms with E-state index < -0.39 is 10.2 Å². The van der Waals surface area contributed by atoms with Gasteiger partial charge in [-0.15, -0.1) is 0 Å². The first-order valence-electron chi connectivity index (χ1n) is 5.47. The minimum absolute atomic E-state index is 0.364. The van der Waals surface area contributed by atoms with Crippen molar-refractivity contribution in [2.45, 2.75) is 13.0 Å². The van der Waals surface area contributed by atoms with Gasteiger partial charge in [-0.05, 0) is 23.6 Å². The molecule has 5 nitrogen and oxygen atoms in total. The van der Waals surface area contributed by atoms with E-state index in [9.17, 15) is 8.42 Å². The molecule has 0 spiro atoms. The normalized spacial score (nSPS) is 17.1. The summed E-state index contributed by atoms with van der Waals surface area (Å²) >= 11 is 0. The van der Waals surface area contributed by atoms with Crippen molar-refractivity contribution >= 4 is 15.9 Å². The van der Waals surface area contributed by atoms with Crippen molar-refractivity contribution in [2.24, 2.45) is 0 Å². The number of anilines is 1. The van der Waals surface area contributed by atoms with Gasteiger partial charge in [0.05, 0.1) is 0 Å². The van der Waals surface area contributed by atoms with Crippen LogP contribution in [0.25, 0.3) is 0 Å². The summed E-state index contributed by atoms with van der Waals surface area (Å²) < 4.78 is 26.7. The molecule has 0 aliphatic carbocycles. The lowest BCUT2D eigenvalue weighted by molar-refractivity contribution is 0.359. The van der Waals surface area contributed by atoms with E-state index in [4.69, 9.17) is 5.73 Å². The van der Waals surface area contributed by atoms with Crippen molar-refractivity contribution in [3.05, 3.63) is 29.3 Å². The Morgan fingerprint density at radius 3 is 2.71 bits per heavy atom. The minimum atomic E-state index is -3.35. The first-order valence-corrected chi connectivity index (χ1v) is 6.86. The maximum atomic E-state index is 12.0. The predicted octanol–water partition coefficient (Wildman–Crippen LogP) is 0.433. The summed E-state index contributed by atoms with van der Waals surface area (Å²) in [6, 6.07) is 5.72. The van der Waals surface area contributed by atoms with E-state index in [0.29, 0.717) is 25.2 Å². The van der Waals surface area contributed by atoms with Crippen LogP contribution in [0.1, 0.15) is 11.1 Å². The van der Waals surface area contributed by atoms with Crippen LogP contribution in [0.2, 0.25) is 0 Å². The zero-order valence-electron chi connectivity index (χ0n) is 10.0. The topological polar surface area (TPSA) is 66.6 Å². The minimum Gasteiger partial charge on any atom is -0.398 e. The van der Waals surface area contributed by atoms with Crippen LogP contribution in [-0.4, -0.2) is 37.7 Å². The molecule has 0 saturated carbocycles. The number of benzene rings is 1. The molecule has 17 heavy (non-hydrogen) atoms. The van der Waals surface area contributed by atoms with Crippen molar-refractivity contribution < 1.29 is 8.42 Å². The quantitative estimate of drug-likeness (QED) is 0.779. The summed E-state index contributed by atoms with van der Waals surface area (Å²) in [6.45, 7) is 0.874. The number of rotatable bonds is 2. The lowest BCUT2D eigenvalue weighted by atomic mass is 10.00. The van der Waals surface area contributed by atoms with Crippen LogP contribution in [-0.2, 0) is 23.2 Å². The average molecular weight is 255 g/mol. The predicted molar refractivity (Wildman–Crippen MR) is 67.6 cm³/mol. The maximum absolute atomic E-state index is 12.0. The van der Waals surface area contributed by atoms with E-state index in [0.717, 1.165) is 11.1 Å². The fraction of sp³-hybridized carbons (Fsp3) is 0.455. The molecule has 1 aliphatic heterocycles. The molecule has 1 aromatic rings. The molecule has 1 aromatic carbocycles. The monoisotopic (exact) mass is 255 g/mol. The second-order valence-corrected chi connectivity index (χ2v) is 6.50. The Labute approximate surface area is 102 Å². The Balaban J connectivity index is 2.34. The zero-order valence-corrected chi connectivity index (χ0v) is 10.9. The number of hydrogen-bond donors (Lipinski definition) is 1. The molecular formula is C11H17N3O2S.